The molecule has 1 N–H and O–H groups in total. The Labute approximate surface area is 146 Å². The molecule has 0 spiro atoms. The van der Waals surface area contributed by atoms with Crippen LogP contribution in [-0.4, -0.2) is 26.3 Å². The van der Waals surface area contributed by atoms with Crippen LogP contribution >= 0.6 is 11.6 Å². The van der Waals surface area contributed by atoms with Crippen molar-refractivity contribution in [3.05, 3.63) is 34.6 Å². The third-order valence-electron chi connectivity index (χ3n) is 2.88. The summed E-state index contributed by atoms with van der Waals surface area (Å²) in [6.45, 7) is 7.07. The molecule has 136 valence electrons. The summed E-state index contributed by atoms with van der Waals surface area (Å²) in [5.41, 5.74) is -0.981. The Morgan fingerprint density at radius 3 is 2.44 bits per heavy atom. The van der Waals surface area contributed by atoms with Gasteiger partial charge >= 0.3 is 12.2 Å². The fourth-order valence-electron chi connectivity index (χ4n) is 1.83. The molecule has 0 aromatic carbocycles. The first-order chi connectivity index (χ1) is 11.4. The van der Waals surface area contributed by atoms with Gasteiger partial charge in [0, 0.05) is 17.8 Å². The highest BCUT2D eigenvalue weighted by molar-refractivity contribution is 6.31. The van der Waals surface area contributed by atoms with Crippen LogP contribution < -0.4 is 10.1 Å². The molecule has 0 radical (unpaired) electrons. The van der Waals surface area contributed by atoms with E-state index in [1.165, 1.54) is 6.07 Å². The first-order valence-electron chi connectivity index (χ1n) is 7.16. The number of ether oxygens (including phenoxy) is 1. The maximum atomic E-state index is 12.6. The van der Waals surface area contributed by atoms with Crippen LogP contribution in [0.25, 0.3) is 0 Å². The monoisotopic (exact) mass is 376 g/mol. The van der Waals surface area contributed by atoms with Crippen LogP contribution in [0.3, 0.4) is 0 Å². The van der Waals surface area contributed by atoms with E-state index in [1.807, 2.05) is 20.8 Å². The highest BCUT2D eigenvalue weighted by Gasteiger charge is 2.32. The van der Waals surface area contributed by atoms with Crippen LogP contribution in [0.1, 0.15) is 32.0 Å². The molecule has 2 rings (SSSR count). The van der Waals surface area contributed by atoms with E-state index in [2.05, 4.69) is 15.4 Å². The number of hydrogen-bond donors (Lipinski definition) is 1. The van der Waals surface area contributed by atoms with Gasteiger partial charge in [-0.1, -0.05) is 11.6 Å². The topological polar surface area (TPSA) is 69.0 Å². The van der Waals surface area contributed by atoms with Crippen molar-refractivity contribution >= 4 is 17.6 Å². The Morgan fingerprint density at radius 1 is 1.28 bits per heavy atom. The van der Waals surface area contributed by atoms with Crippen molar-refractivity contribution in [2.45, 2.75) is 39.4 Å². The van der Waals surface area contributed by atoms with Crippen molar-refractivity contribution in [3.8, 4) is 11.8 Å². The van der Waals surface area contributed by atoms with E-state index in [4.69, 9.17) is 16.3 Å². The molecule has 1 amide bonds. The quantitative estimate of drug-likeness (QED) is 0.843. The van der Waals surface area contributed by atoms with Gasteiger partial charge in [-0.25, -0.2) is 9.78 Å². The number of carbonyl (C=O) groups is 1. The van der Waals surface area contributed by atoms with Gasteiger partial charge in [-0.15, -0.1) is 5.10 Å². The SMILES string of the molecule is Cc1cc(Oc2ncc(C(F)(F)F)cc2Cl)nn1C(=O)NC(C)(C)C. The van der Waals surface area contributed by atoms with Gasteiger partial charge in [0.05, 0.1) is 11.3 Å². The van der Waals surface area contributed by atoms with Gasteiger partial charge in [0.15, 0.2) is 0 Å². The van der Waals surface area contributed by atoms with Crippen LogP contribution in [0.15, 0.2) is 18.3 Å². The summed E-state index contributed by atoms with van der Waals surface area (Å²) in [4.78, 5) is 15.7. The second-order valence-electron chi connectivity index (χ2n) is 6.33. The number of nitrogens with one attached hydrogen (secondary N) is 1. The number of rotatable bonds is 2. The van der Waals surface area contributed by atoms with Gasteiger partial charge in [0.1, 0.15) is 5.02 Å². The number of carbonyl (C=O) groups excluding carboxylic acids is 1. The lowest BCUT2D eigenvalue weighted by Gasteiger charge is -2.20. The predicted molar refractivity (Wildman–Crippen MR) is 85.0 cm³/mol. The second-order valence-corrected chi connectivity index (χ2v) is 6.73. The number of aryl methyl sites for hydroxylation is 1. The van der Waals surface area contributed by atoms with Crippen LogP contribution in [0.5, 0.6) is 11.8 Å². The molecule has 0 aliphatic carbocycles. The fourth-order valence-corrected chi connectivity index (χ4v) is 2.03. The Bertz CT molecular complexity index is 797. The fraction of sp³-hybridized carbons (Fsp3) is 0.400. The molecule has 0 atom stereocenters. The maximum Gasteiger partial charge on any atom is 0.417 e. The molecule has 0 unspecified atom stereocenters. The summed E-state index contributed by atoms with van der Waals surface area (Å²) in [7, 11) is 0. The van der Waals surface area contributed by atoms with E-state index in [0.29, 0.717) is 18.0 Å². The van der Waals surface area contributed by atoms with Crippen molar-refractivity contribution in [2.24, 2.45) is 0 Å². The van der Waals surface area contributed by atoms with E-state index < -0.39 is 23.3 Å². The molecule has 0 aliphatic rings. The number of nitrogens with zero attached hydrogens (tertiary/aromatic N) is 3. The van der Waals surface area contributed by atoms with Crippen molar-refractivity contribution in [2.75, 3.05) is 0 Å². The van der Waals surface area contributed by atoms with E-state index in [0.717, 1.165) is 4.68 Å². The summed E-state index contributed by atoms with van der Waals surface area (Å²) < 4.78 is 44.2. The number of pyridine rings is 1. The largest absolute Gasteiger partial charge is 0.417 e. The molecule has 0 aliphatic heterocycles. The molecule has 2 aromatic rings. The Hall–Kier alpha value is -2.29. The Morgan fingerprint density at radius 2 is 1.92 bits per heavy atom. The molecule has 0 saturated heterocycles. The maximum absolute atomic E-state index is 12.6. The van der Waals surface area contributed by atoms with Gasteiger partial charge in [-0.3, -0.25) is 0 Å². The highest BCUT2D eigenvalue weighted by atomic mass is 35.5. The van der Waals surface area contributed by atoms with Gasteiger partial charge < -0.3 is 10.1 Å². The van der Waals surface area contributed by atoms with Crippen molar-refractivity contribution in [1.82, 2.24) is 20.1 Å². The number of aromatic nitrogens is 3. The average molecular weight is 377 g/mol. The molecule has 2 aromatic heterocycles. The predicted octanol–water partition coefficient (Wildman–Crippen LogP) is 4.41. The second kappa shape index (κ2) is 6.55. The van der Waals surface area contributed by atoms with Gasteiger partial charge in [0.2, 0.25) is 11.8 Å². The zero-order chi connectivity index (χ0) is 19.0. The summed E-state index contributed by atoms with van der Waals surface area (Å²) in [5.74, 6) is -0.258. The van der Waals surface area contributed by atoms with Crippen LogP contribution in [-0.2, 0) is 6.18 Å². The molecule has 25 heavy (non-hydrogen) atoms. The molecular formula is C15H16ClF3N4O2. The lowest BCUT2D eigenvalue weighted by Crippen LogP contribution is -2.43. The van der Waals surface area contributed by atoms with Crippen molar-refractivity contribution < 1.29 is 22.7 Å². The Balaban J connectivity index is 2.22. The molecule has 0 fully saturated rings. The van der Waals surface area contributed by atoms with E-state index >= 15 is 0 Å². The molecule has 10 heteroatoms. The van der Waals surface area contributed by atoms with Gasteiger partial charge in [-0.05, 0) is 33.8 Å². The van der Waals surface area contributed by atoms with Gasteiger partial charge in [0.25, 0.3) is 0 Å². The highest BCUT2D eigenvalue weighted by Crippen LogP contribution is 2.34. The zero-order valence-corrected chi connectivity index (χ0v) is 14.7. The normalized spacial score (nSPS) is 12.2. The van der Waals surface area contributed by atoms with Crippen LogP contribution in [0.2, 0.25) is 5.02 Å². The van der Waals surface area contributed by atoms with E-state index in [-0.39, 0.29) is 16.8 Å². The third-order valence-corrected chi connectivity index (χ3v) is 3.15. The molecule has 0 saturated carbocycles. The van der Waals surface area contributed by atoms with E-state index in [9.17, 15) is 18.0 Å². The zero-order valence-electron chi connectivity index (χ0n) is 13.9. The lowest BCUT2D eigenvalue weighted by atomic mass is 10.1. The van der Waals surface area contributed by atoms with Gasteiger partial charge in [-0.2, -0.15) is 17.9 Å². The number of amides is 1. The molecule has 6 nitrogen and oxygen atoms in total. The third kappa shape index (κ3) is 4.85. The summed E-state index contributed by atoms with van der Waals surface area (Å²) in [6.07, 6.45) is -3.95. The minimum Gasteiger partial charge on any atom is -0.417 e. The summed E-state index contributed by atoms with van der Waals surface area (Å²) in [6, 6.07) is 1.68. The standard InChI is InChI=1S/C15H16ClF3N4O2/c1-8-5-11(22-23(8)13(24)21-14(2,3)4)25-12-10(16)6-9(7-20-12)15(17,18)19/h5-7H,1-4H3,(H,21,24). The Kier molecular flexibility index (Phi) is 4.99. The minimum absolute atomic E-state index is 0.0179. The molecular weight excluding hydrogens is 361 g/mol. The number of halogens is 4. The van der Waals surface area contributed by atoms with Crippen molar-refractivity contribution in [1.29, 1.82) is 0 Å². The van der Waals surface area contributed by atoms with E-state index in [1.54, 1.807) is 6.92 Å². The summed E-state index contributed by atoms with van der Waals surface area (Å²) >= 11 is 5.78. The lowest BCUT2D eigenvalue weighted by molar-refractivity contribution is -0.137. The average Bonchev–Trinajstić information content (AvgIpc) is 2.79. The summed E-state index contributed by atoms with van der Waals surface area (Å²) in [5, 5.41) is 6.37. The molecule has 0 bridgehead atoms. The minimum atomic E-state index is -4.56. The first kappa shape index (κ1) is 19.0. The van der Waals surface area contributed by atoms with Crippen molar-refractivity contribution in [3.63, 3.8) is 0 Å². The first-order valence-corrected chi connectivity index (χ1v) is 7.54. The smallest absolute Gasteiger partial charge is 0.417 e. The van der Waals surface area contributed by atoms with Crippen LogP contribution in [0, 0.1) is 6.92 Å². The number of hydrogen-bond acceptors (Lipinski definition) is 4. The molecule has 2 heterocycles. The number of alkyl halides is 3. The van der Waals surface area contributed by atoms with Crippen LogP contribution in [0.4, 0.5) is 18.0 Å².